The van der Waals surface area contributed by atoms with Crippen LogP contribution in [-0.2, 0) is 20.0 Å². The maximum Gasteiger partial charge on any atom is 0.243 e. The van der Waals surface area contributed by atoms with Crippen LogP contribution in [0.4, 0.5) is 0 Å². The molecule has 3 rings (SSSR count). The molecule has 1 aliphatic carbocycles. The molecule has 0 aromatic heterocycles. The van der Waals surface area contributed by atoms with Crippen LogP contribution in [0.25, 0.3) is 0 Å². The van der Waals surface area contributed by atoms with Gasteiger partial charge in [0.2, 0.25) is 20.0 Å². The first-order valence-corrected chi connectivity index (χ1v) is 10.6. The fraction of sp³-hybridized carbons (Fsp3) is 0.571. The SMILES string of the molecule is Cl.NC1CCN(S(=O)(=O)c2cccc(S(=O)(=O)NC3CC3)c2)CC1. The Hall–Kier alpha value is -0.710. The van der Waals surface area contributed by atoms with Gasteiger partial charge in [0.05, 0.1) is 9.79 Å². The molecule has 1 heterocycles. The van der Waals surface area contributed by atoms with Crippen molar-refractivity contribution in [3.8, 4) is 0 Å². The Bertz CT molecular complexity index is 786. The second kappa shape index (κ2) is 7.27. The smallest absolute Gasteiger partial charge is 0.243 e. The molecule has 24 heavy (non-hydrogen) atoms. The molecule has 0 atom stereocenters. The highest BCUT2D eigenvalue weighted by atomic mass is 35.5. The minimum atomic E-state index is -3.70. The van der Waals surface area contributed by atoms with Crippen LogP contribution < -0.4 is 10.5 Å². The fourth-order valence-electron chi connectivity index (χ4n) is 2.56. The average Bonchev–Trinajstić information content (AvgIpc) is 3.31. The number of nitrogens with one attached hydrogen (secondary N) is 1. The van der Waals surface area contributed by atoms with Gasteiger partial charge in [0.15, 0.2) is 0 Å². The lowest BCUT2D eigenvalue weighted by Gasteiger charge is -2.29. The zero-order valence-electron chi connectivity index (χ0n) is 13.1. The van der Waals surface area contributed by atoms with Crippen LogP contribution in [0.15, 0.2) is 34.1 Å². The van der Waals surface area contributed by atoms with Crippen molar-refractivity contribution in [2.45, 2.75) is 47.6 Å². The molecule has 1 aromatic rings. The topological polar surface area (TPSA) is 110 Å². The number of nitrogens with two attached hydrogens (primary N) is 1. The maximum atomic E-state index is 12.7. The summed E-state index contributed by atoms with van der Waals surface area (Å²) in [6.07, 6.45) is 2.87. The first-order chi connectivity index (χ1) is 10.8. The van der Waals surface area contributed by atoms with Crippen molar-refractivity contribution in [2.24, 2.45) is 5.73 Å². The van der Waals surface area contributed by atoms with E-state index in [0.29, 0.717) is 25.9 Å². The van der Waals surface area contributed by atoms with E-state index in [1.54, 1.807) is 0 Å². The summed E-state index contributed by atoms with van der Waals surface area (Å²) in [7, 11) is -7.37. The van der Waals surface area contributed by atoms with Crippen LogP contribution in [0.2, 0.25) is 0 Å². The molecule has 1 saturated carbocycles. The summed E-state index contributed by atoms with van der Waals surface area (Å²) >= 11 is 0. The molecule has 0 amide bonds. The molecule has 3 N–H and O–H groups in total. The summed E-state index contributed by atoms with van der Waals surface area (Å²) < 4.78 is 53.8. The lowest BCUT2D eigenvalue weighted by molar-refractivity contribution is 0.320. The molecule has 2 fully saturated rings. The van der Waals surface area contributed by atoms with E-state index in [1.807, 2.05) is 0 Å². The Morgan fingerprint density at radius 2 is 1.58 bits per heavy atom. The van der Waals surface area contributed by atoms with Crippen molar-refractivity contribution >= 4 is 32.5 Å². The van der Waals surface area contributed by atoms with Crippen molar-refractivity contribution < 1.29 is 16.8 Å². The molecule has 2 aliphatic rings. The first-order valence-electron chi connectivity index (χ1n) is 7.67. The van der Waals surface area contributed by atoms with Gasteiger partial charge in [-0.25, -0.2) is 21.6 Å². The van der Waals surface area contributed by atoms with E-state index < -0.39 is 20.0 Å². The van der Waals surface area contributed by atoms with Gasteiger partial charge in [-0.15, -0.1) is 12.4 Å². The van der Waals surface area contributed by atoms with Gasteiger partial charge in [0.1, 0.15) is 0 Å². The van der Waals surface area contributed by atoms with Gasteiger partial charge >= 0.3 is 0 Å². The minimum absolute atomic E-state index is 0. The second-order valence-electron chi connectivity index (χ2n) is 6.11. The third-order valence-corrected chi connectivity index (χ3v) is 7.56. The number of rotatable bonds is 5. The first kappa shape index (κ1) is 19.6. The molecular formula is C14H22ClN3O4S2. The Labute approximate surface area is 149 Å². The van der Waals surface area contributed by atoms with Crippen molar-refractivity contribution in [1.82, 2.24) is 9.03 Å². The normalized spacial score (nSPS) is 20.5. The number of halogens is 1. The van der Waals surface area contributed by atoms with Crippen LogP contribution in [0.3, 0.4) is 0 Å². The molecule has 136 valence electrons. The van der Waals surface area contributed by atoms with Gasteiger partial charge in [-0.3, -0.25) is 0 Å². The van der Waals surface area contributed by atoms with Crippen LogP contribution in [0.5, 0.6) is 0 Å². The van der Waals surface area contributed by atoms with Gasteiger partial charge in [0, 0.05) is 25.2 Å². The molecule has 0 unspecified atom stereocenters. The minimum Gasteiger partial charge on any atom is -0.328 e. The van der Waals surface area contributed by atoms with E-state index >= 15 is 0 Å². The molecule has 1 saturated heterocycles. The number of hydrogen-bond donors (Lipinski definition) is 2. The summed E-state index contributed by atoms with van der Waals surface area (Å²) in [4.78, 5) is -0.00849. The van der Waals surface area contributed by atoms with E-state index in [0.717, 1.165) is 12.8 Å². The summed E-state index contributed by atoms with van der Waals surface area (Å²) in [5, 5.41) is 0. The molecule has 1 aromatic carbocycles. The van der Waals surface area contributed by atoms with Gasteiger partial charge in [0.25, 0.3) is 0 Å². The van der Waals surface area contributed by atoms with E-state index in [1.165, 1.54) is 28.6 Å². The number of sulfonamides is 2. The molecule has 0 bridgehead atoms. The van der Waals surface area contributed by atoms with E-state index in [9.17, 15) is 16.8 Å². The Kier molecular flexibility index (Phi) is 5.94. The third kappa shape index (κ3) is 4.27. The standard InChI is InChI=1S/C14H21N3O4S2.ClH/c15-11-6-8-17(9-7-11)23(20,21)14-3-1-2-13(10-14)22(18,19)16-12-4-5-12;/h1-3,10-12,16H,4-9,15H2;1H. The Balaban J connectivity index is 0.00000208. The third-order valence-electron chi connectivity index (χ3n) is 4.15. The second-order valence-corrected chi connectivity index (χ2v) is 9.76. The van der Waals surface area contributed by atoms with Gasteiger partial charge in [-0.05, 0) is 43.9 Å². The monoisotopic (exact) mass is 395 g/mol. The van der Waals surface area contributed by atoms with Crippen LogP contribution in [-0.4, -0.2) is 46.3 Å². The van der Waals surface area contributed by atoms with E-state index in [-0.39, 0.29) is 34.3 Å². The molecular weight excluding hydrogens is 374 g/mol. The Morgan fingerprint density at radius 1 is 1.00 bits per heavy atom. The van der Waals surface area contributed by atoms with Crippen LogP contribution in [0, 0.1) is 0 Å². The quantitative estimate of drug-likeness (QED) is 0.761. The number of benzene rings is 1. The summed E-state index contributed by atoms with van der Waals surface area (Å²) in [5.74, 6) is 0. The highest BCUT2D eigenvalue weighted by Gasteiger charge is 2.31. The predicted molar refractivity (Wildman–Crippen MR) is 93.0 cm³/mol. The highest BCUT2D eigenvalue weighted by molar-refractivity contribution is 7.90. The average molecular weight is 396 g/mol. The van der Waals surface area contributed by atoms with Crippen molar-refractivity contribution in [3.63, 3.8) is 0 Å². The lowest BCUT2D eigenvalue weighted by Crippen LogP contribution is -2.42. The molecule has 10 heteroatoms. The van der Waals surface area contributed by atoms with Gasteiger partial charge in [-0.1, -0.05) is 6.07 Å². The zero-order chi connectivity index (χ0) is 16.7. The zero-order valence-corrected chi connectivity index (χ0v) is 15.5. The summed E-state index contributed by atoms with van der Waals surface area (Å²) in [6, 6.07) is 5.54. The number of nitrogens with zero attached hydrogens (tertiary/aromatic N) is 1. The van der Waals surface area contributed by atoms with Crippen molar-refractivity contribution in [2.75, 3.05) is 13.1 Å². The number of hydrogen-bond acceptors (Lipinski definition) is 5. The predicted octanol–water partition coefficient (Wildman–Crippen LogP) is 0.661. The van der Waals surface area contributed by atoms with Crippen LogP contribution in [0.1, 0.15) is 25.7 Å². The van der Waals surface area contributed by atoms with Crippen molar-refractivity contribution in [3.05, 3.63) is 24.3 Å². The molecule has 1 aliphatic heterocycles. The fourth-order valence-corrected chi connectivity index (χ4v) is 5.50. The highest BCUT2D eigenvalue weighted by Crippen LogP contribution is 2.25. The van der Waals surface area contributed by atoms with Crippen LogP contribution >= 0.6 is 12.4 Å². The largest absolute Gasteiger partial charge is 0.328 e. The van der Waals surface area contributed by atoms with E-state index in [4.69, 9.17) is 5.73 Å². The Morgan fingerprint density at radius 3 is 2.17 bits per heavy atom. The van der Waals surface area contributed by atoms with Gasteiger partial charge in [-0.2, -0.15) is 4.31 Å². The maximum absolute atomic E-state index is 12.7. The molecule has 7 nitrogen and oxygen atoms in total. The lowest BCUT2D eigenvalue weighted by atomic mass is 10.1. The van der Waals surface area contributed by atoms with E-state index in [2.05, 4.69) is 4.72 Å². The summed E-state index contributed by atoms with van der Waals surface area (Å²) in [5.41, 5.74) is 5.80. The summed E-state index contributed by atoms with van der Waals surface area (Å²) in [6.45, 7) is 0.724. The number of piperidine rings is 1. The van der Waals surface area contributed by atoms with Gasteiger partial charge < -0.3 is 5.73 Å². The van der Waals surface area contributed by atoms with Crippen molar-refractivity contribution in [1.29, 1.82) is 0 Å². The molecule has 0 spiro atoms. The molecule has 0 radical (unpaired) electrons.